The molecular weight excluding hydrogens is 214 g/mol. The molecule has 0 aliphatic heterocycles. The van der Waals surface area contributed by atoms with E-state index in [9.17, 15) is 0 Å². The minimum atomic E-state index is 0.666. The Labute approximate surface area is 104 Å². The topological polar surface area (TPSA) is 12.0 Å². The van der Waals surface area contributed by atoms with Crippen LogP contribution >= 0.6 is 11.3 Å². The second kappa shape index (κ2) is 7.08. The molecule has 1 aromatic rings. The molecule has 1 unspecified atom stereocenters. The normalized spacial score (nSPS) is 13.3. The lowest BCUT2D eigenvalue weighted by atomic mass is 9.97. The van der Waals surface area contributed by atoms with Crippen molar-refractivity contribution in [1.82, 2.24) is 5.32 Å². The van der Waals surface area contributed by atoms with Gasteiger partial charge in [-0.15, -0.1) is 11.3 Å². The highest BCUT2D eigenvalue weighted by molar-refractivity contribution is 7.10. The van der Waals surface area contributed by atoms with E-state index in [-0.39, 0.29) is 0 Å². The van der Waals surface area contributed by atoms with Gasteiger partial charge in [0.1, 0.15) is 0 Å². The molecule has 0 bridgehead atoms. The first kappa shape index (κ1) is 13.7. The summed E-state index contributed by atoms with van der Waals surface area (Å²) < 4.78 is 0. The summed E-state index contributed by atoms with van der Waals surface area (Å²) in [5.74, 6) is 0.727. The smallest absolute Gasteiger partial charge is 0.00932 e. The van der Waals surface area contributed by atoms with E-state index in [4.69, 9.17) is 0 Å². The lowest BCUT2D eigenvalue weighted by Crippen LogP contribution is -2.34. The molecule has 1 atom stereocenters. The van der Waals surface area contributed by atoms with Crippen molar-refractivity contribution >= 4 is 11.3 Å². The largest absolute Gasteiger partial charge is 0.314 e. The number of nitrogens with one attached hydrogen (secondary N) is 1. The zero-order valence-electron chi connectivity index (χ0n) is 11.0. The molecule has 16 heavy (non-hydrogen) atoms. The van der Waals surface area contributed by atoms with Crippen molar-refractivity contribution in [1.29, 1.82) is 0 Å². The Bertz CT molecular complexity index is 291. The zero-order chi connectivity index (χ0) is 12.0. The Morgan fingerprint density at radius 3 is 2.62 bits per heavy atom. The highest BCUT2D eigenvalue weighted by atomic mass is 32.1. The van der Waals surface area contributed by atoms with Crippen LogP contribution in [0.2, 0.25) is 0 Å². The molecule has 0 spiro atoms. The highest BCUT2D eigenvalue weighted by Gasteiger charge is 2.12. The van der Waals surface area contributed by atoms with Crippen LogP contribution in [-0.4, -0.2) is 12.6 Å². The fraction of sp³-hybridized carbons (Fsp3) is 0.714. The van der Waals surface area contributed by atoms with Crippen LogP contribution in [0, 0.1) is 12.8 Å². The van der Waals surface area contributed by atoms with Crippen LogP contribution < -0.4 is 5.32 Å². The van der Waals surface area contributed by atoms with Crippen LogP contribution in [0.15, 0.2) is 11.4 Å². The highest BCUT2D eigenvalue weighted by Crippen LogP contribution is 2.18. The van der Waals surface area contributed by atoms with Crippen molar-refractivity contribution in [2.75, 3.05) is 6.54 Å². The standard InChI is InChI=1S/C14H25NS/c1-5-9-15-14(11(2)3)7-6-13-8-10-16-12(13)4/h8,10-11,14-15H,5-7,9H2,1-4H3. The summed E-state index contributed by atoms with van der Waals surface area (Å²) in [4.78, 5) is 1.48. The predicted octanol–water partition coefficient (Wildman–Crippen LogP) is 4.01. The number of thiophene rings is 1. The predicted molar refractivity (Wildman–Crippen MR) is 74.3 cm³/mol. The Balaban J connectivity index is 2.40. The van der Waals surface area contributed by atoms with Gasteiger partial charge in [0.05, 0.1) is 0 Å². The van der Waals surface area contributed by atoms with Crippen molar-refractivity contribution in [3.63, 3.8) is 0 Å². The van der Waals surface area contributed by atoms with Crippen LogP contribution in [0.4, 0.5) is 0 Å². The lowest BCUT2D eigenvalue weighted by Gasteiger charge is -2.22. The van der Waals surface area contributed by atoms with Crippen molar-refractivity contribution in [3.05, 3.63) is 21.9 Å². The van der Waals surface area contributed by atoms with Gasteiger partial charge in [-0.3, -0.25) is 0 Å². The monoisotopic (exact) mass is 239 g/mol. The van der Waals surface area contributed by atoms with E-state index in [1.54, 1.807) is 0 Å². The van der Waals surface area contributed by atoms with E-state index in [1.807, 2.05) is 11.3 Å². The Morgan fingerprint density at radius 2 is 2.12 bits per heavy atom. The second-order valence-electron chi connectivity index (χ2n) is 4.85. The Kier molecular flexibility index (Phi) is 6.07. The number of hydrogen-bond donors (Lipinski definition) is 1. The summed E-state index contributed by atoms with van der Waals surface area (Å²) in [7, 11) is 0. The van der Waals surface area contributed by atoms with Gasteiger partial charge in [0.2, 0.25) is 0 Å². The average molecular weight is 239 g/mol. The van der Waals surface area contributed by atoms with Gasteiger partial charge in [0.15, 0.2) is 0 Å². The fourth-order valence-electron chi connectivity index (χ4n) is 1.98. The van der Waals surface area contributed by atoms with E-state index < -0.39 is 0 Å². The van der Waals surface area contributed by atoms with E-state index in [1.165, 1.54) is 29.7 Å². The molecule has 1 heterocycles. The molecule has 1 aromatic heterocycles. The van der Waals surface area contributed by atoms with Crippen molar-refractivity contribution < 1.29 is 0 Å². The molecule has 92 valence electrons. The zero-order valence-corrected chi connectivity index (χ0v) is 11.9. The quantitative estimate of drug-likeness (QED) is 0.758. The molecule has 0 amide bonds. The molecule has 0 fully saturated rings. The maximum Gasteiger partial charge on any atom is 0.00932 e. The van der Waals surface area contributed by atoms with Crippen molar-refractivity contribution in [2.24, 2.45) is 5.92 Å². The van der Waals surface area contributed by atoms with Crippen LogP contribution in [0.25, 0.3) is 0 Å². The molecular formula is C14H25NS. The summed E-state index contributed by atoms with van der Waals surface area (Å²) in [6.45, 7) is 10.2. The van der Waals surface area contributed by atoms with Crippen molar-refractivity contribution in [2.45, 2.75) is 53.0 Å². The van der Waals surface area contributed by atoms with Crippen LogP contribution in [0.3, 0.4) is 0 Å². The molecule has 0 radical (unpaired) electrons. The van der Waals surface area contributed by atoms with E-state index >= 15 is 0 Å². The third-order valence-corrected chi connectivity index (χ3v) is 4.04. The fourth-order valence-corrected chi connectivity index (χ4v) is 2.74. The Hall–Kier alpha value is -0.340. The maximum atomic E-state index is 3.65. The maximum absolute atomic E-state index is 3.65. The first-order valence-corrected chi connectivity index (χ1v) is 7.29. The molecule has 0 saturated carbocycles. The lowest BCUT2D eigenvalue weighted by molar-refractivity contribution is 0.378. The van der Waals surface area contributed by atoms with Gasteiger partial charge in [-0.25, -0.2) is 0 Å². The second-order valence-corrected chi connectivity index (χ2v) is 5.97. The summed E-state index contributed by atoms with van der Waals surface area (Å²) in [6, 6.07) is 2.94. The number of aryl methyl sites for hydroxylation is 2. The van der Waals surface area contributed by atoms with Gasteiger partial charge in [-0.2, -0.15) is 0 Å². The molecule has 0 aromatic carbocycles. The van der Waals surface area contributed by atoms with Crippen LogP contribution in [0.1, 0.15) is 44.1 Å². The Morgan fingerprint density at radius 1 is 1.38 bits per heavy atom. The average Bonchev–Trinajstić information content (AvgIpc) is 2.64. The molecule has 1 nitrogen and oxygen atoms in total. The summed E-state index contributed by atoms with van der Waals surface area (Å²) in [5, 5.41) is 5.86. The third-order valence-electron chi connectivity index (χ3n) is 3.15. The first-order valence-electron chi connectivity index (χ1n) is 6.41. The molecule has 1 N–H and O–H groups in total. The van der Waals surface area contributed by atoms with E-state index in [2.05, 4.69) is 44.5 Å². The van der Waals surface area contributed by atoms with Gasteiger partial charge in [0, 0.05) is 10.9 Å². The SMILES string of the molecule is CCCNC(CCc1ccsc1C)C(C)C. The van der Waals surface area contributed by atoms with Crippen LogP contribution in [-0.2, 0) is 6.42 Å². The number of hydrogen-bond acceptors (Lipinski definition) is 2. The van der Waals surface area contributed by atoms with Gasteiger partial charge in [-0.05, 0) is 55.7 Å². The minimum Gasteiger partial charge on any atom is -0.314 e. The van der Waals surface area contributed by atoms with Gasteiger partial charge >= 0.3 is 0 Å². The summed E-state index contributed by atoms with van der Waals surface area (Å²) >= 11 is 1.86. The van der Waals surface area contributed by atoms with E-state index in [0.717, 1.165) is 12.5 Å². The van der Waals surface area contributed by atoms with Gasteiger partial charge in [0.25, 0.3) is 0 Å². The number of rotatable bonds is 7. The summed E-state index contributed by atoms with van der Waals surface area (Å²) in [5.41, 5.74) is 1.54. The molecule has 0 aliphatic carbocycles. The van der Waals surface area contributed by atoms with Crippen molar-refractivity contribution in [3.8, 4) is 0 Å². The molecule has 1 rings (SSSR count). The van der Waals surface area contributed by atoms with Gasteiger partial charge in [-0.1, -0.05) is 20.8 Å². The first-order chi connectivity index (χ1) is 7.65. The van der Waals surface area contributed by atoms with Gasteiger partial charge < -0.3 is 5.32 Å². The third kappa shape index (κ3) is 4.26. The molecule has 0 aliphatic rings. The molecule has 2 heteroatoms. The molecule has 0 saturated heterocycles. The summed E-state index contributed by atoms with van der Waals surface area (Å²) in [6.07, 6.45) is 3.70. The van der Waals surface area contributed by atoms with Crippen LogP contribution in [0.5, 0.6) is 0 Å². The van der Waals surface area contributed by atoms with E-state index in [0.29, 0.717) is 6.04 Å². The minimum absolute atomic E-state index is 0.666.